The van der Waals surface area contributed by atoms with Crippen LogP contribution in [0.1, 0.15) is 12.0 Å². The molecule has 0 aliphatic carbocycles. The van der Waals surface area contributed by atoms with Crippen LogP contribution < -0.4 is 5.32 Å². The fraction of sp³-hybridized carbons (Fsp3) is 0.400. The third-order valence-electron chi connectivity index (χ3n) is 4.83. The molecule has 2 heterocycles. The maximum Gasteiger partial charge on any atom is 0.321 e. The van der Waals surface area contributed by atoms with Crippen molar-refractivity contribution in [3.05, 3.63) is 48.3 Å². The van der Waals surface area contributed by atoms with E-state index in [2.05, 4.69) is 5.32 Å². The number of carbonyl (C=O) groups excluding carboxylic acids is 2. The van der Waals surface area contributed by atoms with Crippen LogP contribution in [-0.2, 0) is 9.53 Å². The summed E-state index contributed by atoms with van der Waals surface area (Å²) in [6.45, 7) is 4.39. The molecular formula is C20H26N4O3. The van der Waals surface area contributed by atoms with Crippen molar-refractivity contribution in [2.75, 3.05) is 45.2 Å². The summed E-state index contributed by atoms with van der Waals surface area (Å²) in [4.78, 5) is 28.3. The first-order valence-corrected chi connectivity index (χ1v) is 9.15. The highest BCUT2D eigenvalue weighted by molar-refractivity contribution is 5.91. The van der Waals surface area contributed by atoms with Crippen molar-refractivity contribution in [1.82, 2.24) is 14.4 Å². The monoisotopic (exact) mass is 370 g/mol. The highest BCUT2D eigenvalue weighted by Gasteiger charge is 2.22. The second kappa shape index (κ2) is 8.73. The molecule has 3 amide bonds. The van der Waals surface area contributed by atoms with Crippen LogP contribution in [-0.4, -0.2) is 66.2 Å². The van der Waals surface area contributed by atoms with Crippen molar-refractivity contribution in [2.24, 2.45) is 0 Å². The summed E-state index contributed by atoms with van der Waals surface area (Å²) in [6.07, 6.45) is 4.72. The number of nitrogens with zero attached hydrogens (tertiary/aromatic N) is 3. The molecule has 3 rings (SSSR count). The van der Waals surface area contributed by atoms with Crippen LogP contribution in [0.5, 0.6) is 0 Å². The van der Waals surface area contributed by atoms with Crippen molar-refractivity contribution in [3.8, 4) is 5.69 Å². The molecule has 1 saturated heterocycles. The lowest BCUT2D eigenvalue weighted by atomic mass is 10.1. The van der Waals surface area contributed by atoms with E-state index in [1.54, 1.807) is 9.80 Å². The average Bonchev–Trinajstić information content (AvgIpc) is 3.07. The fourth-order valence-corrected chi connectivity index (χ4v) is 3.31. The molecular weight excluding hydrogens is 344 g/mol. The molecule has 0 saturated carbocycles. The predicted octanol–water partition coefficient (Wildman–Crippen LogP) is 2.50. The first-order chi connectivity index (χ1) is 13.1. The minimum absolute atomic E-state index is 0.0324. The van der Waals surface area contributed by atoms with E-state index in [1.807, 2.05) is 54.2 Å². The summed E-state index contributed by atoms with van der Waals surface area (Å²) < 4.78 is 6.94. The standard InChI is InChI=1S/C20H26N4O3/c1-16-17(7-5-8-18(16)22-9-3-4-10-22)21-20(26)24-12-6-11-23(13-14-24)19(25)15-27-2/h3-5,7-10H,6,11-15H2,1-2H3,(H,21,26). The van der Waals surface area contributed by atoms with Gasteiger partial charge in [-0.15, -0.1) is 0 Å². The molecule has 144 valence electrons. The zero-order valence-corrected chi connectivity index (χ0v) is 15.9. The summed E-state index contributed by atoms with van der Waals surface area (Å²) >= 11 is 0. The van der Waals surface area contributed by atoms with E-state index in [4.69, 9.17) is 4.74 Å². The number of rotatable bonds is 4. The maximum atomic E-state index is 12.8. The number of carbonyl (C=O) groups is 2. The number of ether oxygens (including phenoxy) is 1. The summed E-state index contributed by atoms with van der Waals surface area (Å²) in [5.74, 6) is -0.0324. The number of aromatic nitrogens is 1. The topological polar surface area (TPSA) is 66.8 Å². The van der Waals surface area contributed by atoms with Crippen molar-refractivity contribution in [1.29, 1.82) is 0 Å². The van der Waals surface area contributed by atoms with Gasteiger partial charge in [0.25, 0.3) is 0 Å². The Morgan fingerprint density at radius 1 is 1.04 bits per heavy atom. The second-order valence-corrected chi connectivity index (χ2v) is 6.62. The van der Waals surface area contributed by atoms with E-state index < -0.39 is 0 Å². The van der Waals surface area contributed by atoms with E-state index >= 15 is 0 Å². The lowest BCUT2D eigenvalue weighted by Gasteiger charge is -2.23. The number of methoxy groups -OCH3 is 1. The van der Waals surface area contributed by atoms with Gasteiger partial charge in [-0.1, -0.05) is 6.07 Å². The molecule has 0 radical (unpaired) electrons. The molecule has 1 aliphatic rings. The number of benzene rings is 1. The molecule has 2 aromatic rings. The van der Waals surface area contributed by atoms with Crippen LogP contribution in [0.3, 0.4) is 0 Å². The normalized spacial score (nSPS) is 14.7. The van der Waals surface area contributed by atoms with Gasteiger partial charge in [0.1, 0.15) is 6.61 Å². The van der Waals surface area contributed by atoms with Crippen LogP contribution in [0.2, 0.25) is 0 Å². The average molecular weight is 370 g/mol. The van der Waals surface area contributed by atoms with Crippen LogP contribution in [0, 0.1) is 6.92 Å². The van der Waals surface area contributed by atoms with Gasteiger partial charge < -0.3 is 24.4 Å². The number of hydrogen-bond donors (Lipinski definition) is 1. The summed E-state index contributed by atoms with van der Waals surface area (Å²) in [5.41, 5.74) is 2.83. The number of anilines is 1. The van der Waals surface area contributed by atoms with Crippen LogP contribution in [0.15, 0.2) is 42.7 Å². The Labute approximate surface area is 159 Å². The molecule has 0 spiro atoms. The molecule has 1 aliphatic heterocycles. The zero-order valence-electron chi connectivity index (χ0n) is 15.9. The zero-order chi connectivity index (χ0) is 19.2. The first kappa shape index (κ1) is 19.0. The molecule has 1 aromatic carbocycles. The van der Waals surface area contributed by atoms with Gasteiger partial charge in [0, 0.05) is 57.1 Å². The van der Waals surface area contributed by atoms with Crippen molar-refractivity contribution >= 4 is 17.6 Å². The SMILES string of the molecule is COCC(=O)N1CCCN(C(=O)Nc2cccc(-n3cccc3)c2C)CC1. The summed E-state index contributed by atoms with van der Waals surface area (Å²) in [6, 6.07) is 9.68. The minimum Gasteiger partial charge on any atom is -0.375 e. The van der Waals surface area contributed by atoms with Crippen molar-refractivity contribution < 1.29 is 14.3 Å². The Morgan fingerprint density at radius 3 is 2.48 bits per heavy atom. The number of hydrogen-bond acceptors (Lipinski definition) is 3. The quantitative estimate of drug-likeness (QED) is 0.899. The van der Waals surface area contributed by atoms with Gasteiger partial charge >= 0.3 is 6.03 Å². The first-order valence-electron chi connectivity index (χ1n) is 9.15. The molecule has 0 atom stereocenters. The van der Waals surface area contributed by atoms with Gasteiger partial charge in [-0.05, 0) is 43.2 Å². The molecule has 0 unspecified atom stereocenters. The Kier molecular flexibility index (Phi) is 6.13. The molecule has 7 nitrogen and oxygen atoms in total. The van der Waals surface area contributed by atoms with Crippen molar-refractivity contribution in [3.63, 3.8) is 0 Å². The lowest BCUT2D eigenvalue weighted by molar-refractivity contribution is -0.134. The van der Waals surface area contributed by atoms with Gasteiger partial charge in [-0.25, -0.2) is 4.79 Å². The van der Waals surface area contributed by atoms with Gasteiger partial charge in [-0.3, -0.25) is 4.79 Å². The van der Waals surface area contributed by atoms with E-state index in [1.165, 1.54) is 7.11 Å². The summed E-state index contributed by atoms with van der Waals surface area (Å²) in [7, 11) is 1.51. The van der Waals surface area contributed by atoms with Gasteiger partial charge in [-0.2, -0.15) is 0 Å². The highest BCUT2D eigenvalue weighted by Crippen LogP contribution is 2.23. The predicted molar refractivity (Wildman–Crippen MR) is 104 cm³/mol. The molecule has 0 bridgehead atoms. The van der Waals surface area contributed by atoms with Crippen molar-refractivity contribution in [2.45, 2.75) is 13.3 Å². The number of nitrogens with one attached hydrogen (secondary N) is 1. The van der Waals surface area contributed by atoms with Gasteiger partial charge in [0.15, 0.2) is 0 Å². The summed E-state index contributed by atoms with van der Waals surface area (Å²) in [5, 5.41) is 3.02. The van der Waals surface area contributed by atoms with Crippen LogP contribution >= 0.6 is 0 Å². The van der Waals surface area contributed by atoms with E-state index in [0.29, 0.717) is 26.2 Å². The lowest BCUT2D eigenvalue weighted by Crippen LogP contribution is -2.40. The van der Waals surface area contributed by atoms with E-state index in [9.17, 15) is 9.59 Å². The fourth-order valence-electron chi connectivity index (χ4n) is 3.31. The smallest absolute Gasteiger partial charge is 0.321 e. The molecule has 1 aromatic heterocycles. The highest BCUT2D eigenvalue weighted by atomic mass is 16.5. The number of urea groups is 1. The Hall–Kier alpha value is -2.80. The molecule has 1 fully saturated rings. The van der Waals surface area contributed by atoms with Gasteiger partial charge in [0.2, 0.25) is 5.91 Å². The van der Waals surface area contributed by atoms with E-state index in [0.717, 1.165) is 23.4 Å². The Balaban J connectivity index is 1.66. The van der Waals surface area contributed by atoms with E-state index in [-0.39, 0.29) is 18.5 Å². The third kappa shape index (κ3) is 4.49. The molecule has 27 heavy (non-hydrogen) atoms. The van der Waals surface area contributed by atoms with Crippen LogP contribution in [0.4, 0.5) is 10.5 Å². The Bertz CT molecular complexity index is 789. The third-order valence-corrected chi connectivity index (χ3v) is 4.83. The minimum atomic E-state index is -0.135. The largest absolute Gasteiger partial charge is 0.375 e. The number of amides is 3. The van der Waals surface area contributed by atoms with Crippen LogP contribution in [0.25, 0.3) is 5.69 Å². The maximum absolute atomic E-state index is 12.8. The van der Waals surface area contributed by atoms with Gasteiger partial charge in [0.05, 0.1) is 0 Å². The second-order valence-electron chi connectivity index (χ2n) is 6.62. The molecule has 7 heteroatoms. The molecule has 1 N–H and O–H groups in total. The Morgan fingerprint density at radius 2 is 1.74 bits per heavy atom.